The molecule has 0 saturated carbocycles. The Morgan fingerprint density at radius 1 is 1.43 bits per heavy atom. The molecule has 0 atom stereocenters. The van der Waals surface area contributed by atoms with Gasteiger partial charge in [-0.1, -0.05) is 23.7 Å². The van der Waals surface area contributed by atoms with Crippen molar-refractivity contribution < 1.29 is 9.53 Å². The van der Waals surface area contributed by atoms with Gasteiger partial charge in [0, 0.05) is 6.20 Å². The van der Waals surface area contributed by atoms with Crippen molar-refractivity contribution in [3.63, 3.8) is 0 Å². The van der Waals surface area contributed by atoms with Crippen LogP contribution in [0, 0.1) is 6.92 Å². The van der Waals surface area contributed by atoms with Crippen LogP contribution in [-0.2, 0) is 0 Å². The number of nitrogens with one attached hydrogen (secondary N) is 1. The Labute approximate surface area is 128 Å². The Kier molecular flexibility index (Phi) is 5.00. The first kappa shape index (κ1) is 15.1. The lowest BCUT2D eigenvalue weighted by molar-refractivity contribution is 0.0947. The van der Waals surface area contributed by atoms with Gasteiger partial charge in [-0.25, -0.2) is 4.98 Å². The van der Waals surface area contributed by atoms with Crippen LogP contribution in [0.15, 0.2) is 36.5 Å². The highest BCUT2D eigenvalue weighted by Gasteiger charge is 2.10. The number of anilines is 1. The predicted octanol–water partition coefficient (Wildman–Crippen LogP) is 2.43. The molecule has 0 radical (unpaired) electrons. The van der Waals surface area contributed by atoms with E-state index in [4.69, 9.17) is 22.1 Å². The van der Waals surface area contributed by atoms with E-state index < -0.39 is 0 Å². The van der Waals surface area contributed by atoms with E-state index >= 15 is 0 Å². The van der Waals surface area contributed by atoms with Crippen molar-refractivity contribution in [2.24, 2.45) is 0 Å². The number of rotatable bonds is 5. The normalized spacial score (nSPS) is 10.2. The Hall–Kier alpha value is -2.27. The molecule has 0 aliphatic rings. The van der Waals surface area contributed by atoms with E-state index in [9.17, 15) is 4.79 Å². The van der Waals surface area contributed by atoms with Crippen molar-refractivity contribution in [1.82, 2.24) is 10.3 Å². The summed E-state index contributed by atoms with van der Waals surface area (Å²) in [6.45, 7) is 2.73. The fourth-order valence-electron chi connectivity index (χ4n) is 1.76. The molecule has 0 aliphatic heterocycles. The Balaban J connectivity index is 1.83. The van der Waals surface area contributed by atoms with Gasteiger partial charge in [0.15, 0.2) is 0 Å². The van der Waals surface area contributed by atoms with E-state index in [0.29, 0.717) is 18.7 Å². The number of hydrogen-bond acceptors (Lipinski definition) is 4. The van der Waals surface area contributed by atoms with E-state index in [1.165, 1.54) is 12.3 Å². The molecule has 1 aromatic carbocycles. The molecule has 1 aromatic heterocycles. The monoisotopic (exact) mass is 305 g/mol. The largest absolute Gasteiger partial charge is 0.492 e. The van der Waals surface area contributed by atoms with Gasteiger partial charge >= 0.3 is 0 Å². The van der Waals surface area contributed by atoms with Crippen LogP contribution in [0.25, 0.3) is 0 Å². The SMILES string of the molecule is Cc1cccc(OCCNC(=O)c2cc(N)ncc2Cl)c1. The highest BCUT2D eigenvalue weighted by atomic mass is 35.5. The summed E-state index contributed by atoms with van der Waals surface area (Å²) in [4.78, 5) is 15.8. The van der Waals surface area contributed by atoms with Gasteiger partial charge in [0.1, 0.15) is 18.2 Å². The number of nitrogens with zero attached hydrogens (tertiary/aromatic N) is 1. The summed E-state index contributed by atoms with van der Waals surface area (Å²) in [6.07, 6.45) is 1.36. The Morgan fingerprint density at radius 3 is 3.00 bits per heavy atom. The number of nitrogen functional groups attached to an aromatic ring is 1. The number of pyridine rings is 1. The molecule has 3 N–H and O–H groups in total. The van der Waals surface area contributed by atoms with Crippen molar-refractivity contribution in [2.45, 2.75) is 6.92 Å². The number of carbonyl (C=O) groups is 1. The molecule has 0 spiro atoms. The van der Waals surface area contributed by atoms with Gasteiger partial charge in [-0.05, 0) is 30.7 Å². The van der Waals surface area contributed by atoms with E-state index in [1.807, 2.05) is 31.2 Å². The van der Waals surface area contributed by atoms with Crippen LogP contribution < -0.4 is 15.8 Å². The lowest BCUT2D eigenvalue weighted by atomic mass is 10.2. The minimum absolute atomic E-state index is 0.251. The number of benzene rings is 1. The fraction of sp³-hybridized carbons (Fsp3) is 0.200. The molecule has 0 bridgehead atoms. The topological polar surface area (TPSA) is 77.2 Å². The summed E-state index contributed by atoms with van der Waals surface area (Å²) in [5, 5.41) is 2.99. The molecule has 0 unspecified atom stereocenters. The minimum atomic E-state index is -0.304. The number of amides is 1. The highest BCUT2D eigenvalue weighted by molar-refractivity contribution is 6.33. The number of ether oxygens (including phenoxy) is 1. The molecule has 0 fully saturated rings. The zero-order valence-electron chi connectivity index (χ0n) is 11.6. The number of aryl methyl sites for hydroxylation is 1. The fourth-order valence-corrected chi connectivity index (χ4v) is 1.95. The number of aromatic nitrogens is 1. The second kappa shape index (κ2) is 6.95. The van der Waals surface area contributed by atoms with E-state index in [1.54, 1.807) is 0 Å². The maximum atomic E-state index is 11.9. The lowest BCUT2D eigenvalue weighted by Crippen LogP contribution is -2.28. The van der Waals surface area contributed by atoms with Gasteiger partial charge < -0.3 is 15.8 Å². The lowest BCUT2D eigenvalue weighted by Gasteiger charge is -2.09. The van der Waals surface area contributed by atoms with Crippen LogP contribution in [0.4, 0.5) is 5.82 Å². The molecule has 2 rings (SSSR count). The third-order valence-corrected chi connectivity index (χ3v) is 3.07. The summed E-state index contributed by atoms with van der Waals surface area (Å²) in [5.74, 6) is 0.720. The van der Waals surface area contributed by atoms with Gasteiger partial charge in [0.25, 0.3) is 5.91 Å². The molecule has 0 saturated heterocycles. The average molecular weight is 306 g/mol. The predicted molar refractivity (Wildman–Crippen MR) is 82.7 cm³/mol. The number of halogens is 1. The van der Waals surface area contributed by atoms with Crippen LogP contribution in [0.3, 0.4) is 0 Å². The van der Waals surface area contributed by atoms with Crippen molar-refractivity contribution in [2.75, 3.05) is 18.9 Å². The van der Waals surface area contributed by atoms with Crippen LogP contribution in [-0.4, -0.2) is 24.0 Å². The van der Waals surface area contributed by atoms with Crippen molar-refractivity contribution in [1.29, 1.82) is 0 Å². The van der Waals surface area contributed by atoms with E-state index in [2.05, 4.69) is 10.3 Å². The van der Waals surface area contributed by atoms with E-state index in [0.717, 1.165) is 11.3 Å². The van der Waals surface area contributed by atoms with Crippen molar-refractivity contribution >= 4 is 23.3 Å². The van der Waals surface area contributed by atoms with Gasteiger partial charge in [-0.3, -0.25) is 4.79 Å². The van der Waals surface area contributed by atoms with Crippen LogP contribution in [0.2, 0.25) is 5.02 Å². The summed E-state index contributed by atoms with van der Waals surface area (Å²) >= 11 is 5.91. The van der Waals surface area contributed by atoms with Crippen molar-refractivity contribution in [3.05, 3.63) is 52.7 Å². The summed E-state index contributed by atoms with van der Waals surface area (Å²) in [6, 6.07) is 9.16. The molecule has 6 heteroatoms. The van der Waals surface area contributed by atoms with Crippen LogP contribution in [0.1, 0.15) is 15.9 Å². The Bertz CT molecular complexity index is 647. The molecule has 2 aromatic rings. The third kappa shape index (κ3) is 4.36. The third-order valence-electron chi connectivity index (χ3n) is 2.77. The average Bonchev–Trinajstić information content (AvgIpc) is 2.46. The van der Waals surface area contributed by atoms with Gasteiger partial charge in [-0.2, -0.15) is 0 Å². The molecular formula is C15H16ClN3O2. The van der Waals surface area contributed by atoms with Gasteiger partial charge in [0.05, 0.1) is 17.1 Å². The smallest absolute Gasteiger partial charge is 0.253 e. The molecule has 1 amide bonds. The summed E-state index contributed by atoms with van der Waals surface area (Å²) < 4.78 is 5.54. The molecule has 110 valence electrons. The second-order valence-electron chi connectivity index (χ2n) is 4.51. The summed E-state index contributed by atoms with van der Waals surface area (Å²) in [7, 11) is 0. The Morgan fingerprint density at radius 2 is 2.24 bits per heavy atom. The number of carbonyl (C=O) groups excluding carboxylic acids is 1. The van der Waals surface area contributed by atoms with E-state index in [-0.39, 0.29) is 16.7 Å². The maximum Gasteiger partial charge on any atom is 0.253 e. The first-order chi connectivity index (χ1) is 10.1. The van der Waals surface area contributed by atoms with Crippen LogP contribution >= 0.6 is 11.6 Å². The zero-order valence-corrected chi connectivity index (χ0v) is 12.4. The highest BCUT2D eigenvalue weighted by Crippen LogP contribution is 2.16. The van der Waals surface area contributed by atoms with Gasteiger partial charge in [0.2, 0.25) is 0 Å². The molecular weight excluding hydrogens is 290 g/mol. The molecule has 1 heterocycles. The van der Waals surface area contributed by atoms with Crippen molar-refractivity contribution in [3.8, 4) is 5.75 Å². The second-order valence-corrected chi connectivity index (χ2v) is 4.92. The number of nitrogens with two attached hydrogens (primary N) is 1. The molecule has 21 heavy (non-hydrogen) atoms. The first-order valence-electron chi connectivity index (χ1n) is 6.45. The standard InChI is InChI=1S/C15H16ClN3O2/c1-10-3-2-4-11(7-10)21-6-5-18-15(20)12-8-14(17)19-9-13(12)16/h2-4,7-9H,5-6H2,1H3,(H2,17,19)(H,18,20). The summed E-state index contributed by atoms with van der Waals surface area (Å²) in [5.41, 5.74) is 6.96. The quantitative estimate of drug-likeness (QED) is 0.832. The maximum absolute atomic E-state index is 11.9. The van der Waals surface area contributed by atoms with Gasteiger partial charge in [-0.15, -0.1) is 0 Å². The van der Waals surface area contributed by atoms with Crippen LogP contribution in [0.5, 0.6) is 5.75 Å². The molecule has 5 nitrogen and oxygen atoms in total. The molecule has 0 aliphatic carbocycles. The number of hydrogen-bond donors (Lipinski definition) is 2. The minimum Gasteiger partial charge on any atom is -0.492 e. The first-order valence-corrected chi connectivity index (χ1v) is 6.83. The zero-order chi connectivity index (χ0) is 15.2.